The number of ether oxygens (including phenoxy) is 1. The molecule has 7 nitrogen and oxygen atoms in total. The van der Waals surface area contributed by atoms with Crippen LogP contribution < -0.4 is 20.4 Å². The fourth-order valence-corrected chi connectivity index (χ4v) is 3.04. The molecule has 2 amide bonds. The van der Waals surface area contributed by atoms with Gasteiger partial charge < -0.3 is 10.1 Å². The van der Waals surface area contributed by atoms with Crippen molar-refractivity contribution in [2.24, 2.45) is 0 Å². The second-order valence-electron chi connectivity index (χ2n) is 6.09. The second-order valence-corrected chi connectivity index (χ2v) is 6.50. The SMILES string of the molecule is COc1ccc(N(C(=O)NCCc2ccccc2Cl)c2ncccc2NO)cc1. The normalized spacial score (nSPS) is 10.3. The Balaban J connectivity index is 1.83. The molecule has 0 radical (unpaired) electrons. The number of hydrogen-bond acceptors (Lipinski definition) is 5. The van der Waals surface area contributed by atoms with Gasteiger partial charge in [0.1, 0.15) is 11.4 Å². The monoisotopic (exact) mass is 412 g/mol. The fourth-order valence-electron chi connectivity index (χ4n) is 2.81. The zero-order chi connectivity index (χ0) is 20.6. The summed E-state index contributed by atoms with van der Waals surface area (Å²) in [7, 11) is 1.57. The topological polar surface area (TPSA) is 86.7 Å². The van der Waals surface area contributed by atoms with Gasteiger partial charge in [-0.1, -0.05) is 29.8 Å². The van der Waals surface area contributed by atoms with E-state index in [1.165, 1.54) is 4.90 Å². The number of aromatic nitrogens is 1. The Bertz CT molecular complexity index is 966. The van der Waals surface area contributed by atoms with Crippen LogP contribution in [0.1, 0.15) is 5.56 Å². The van der Waals surface area contributed by atoms with Crippen molar-refractivity contribution >= 4 is 34.8 Å². The van der Waals surface area contributed by atoms with Crippen LogP contribution in [0.5, 0.6) is 5.75 Å². The van der Waals surface area contributed by atoms with Crippen LogP contribution in [0.2, 0.25) is 5.02 Å². The van der Waals surface area contributed by atoms with Crippen LogP contribution >= 0.6 is 11.6 Å². The minimum absolute atomic E-state index is 0.260. The third-order valence-corrected chi connectivity index (χ3v) is 4.65. The van der Waals surface area contributed by atoms with E-state index >= 15 is 0 Å². The molecule has 0 bridgehead atoms. The molecule has 0 aliphatic rings. The van der Waals surface area contributed by atoms with E-state index in [-0.39, 0.29) is 5.82 Å². The molecule has 0 atom stereocenters. The number of urea groups is 1. The Hall–Kier alpha value is -3.29. The fraction of sp³-hybridized carbons (Fsp3) is 0.143. The summed E-state index contributed by atoms with van der Waals surface area (Å²) in [6, 6.07) is 17.3. The summed E-state index contributed by atoms with van der Waals surface area (Å²) >= 11 is 6.18. The average Bonchev–Trinajstić information content (AvgIpc) is 2.76. The van der Waals surface area contributed by atoms with Gasteiger partial charge in [0.15, 0.2) is 5.82 Å². The third-order valence-electron chi connectivity index (χ3n) is 4.28. The highest BCUT2D eigenvalue weighted by atomic mass is 35.5. The molecule has 3 N–H and O–H groups in total. The zero-order valence-corrected chi connectivity index (χ0v) is 16.6. The summed E-state index contributed by atoms with van der Waals surface area (Å²) in [5.41, 5.74) is 3.89. The molecule has 29 heavy (non-hydrogen) atoms. The van der Waals surface area contributed by atoms with E-state index < -0.39 is 6.03 Å². The lowest BCUT2D eigenvalue weighted by Gasteiger charge is -2.24. The number of anilines is 3. The molecule has 8 heteroatoms. The molecular formula is C21H21ClN4O3. The maximum absolute atomic E-state index is 13.0. The highest BCUT2D eigenvalue weighted by Crippen LogP contribution is 2.31. The van der Waals surface area contributed by atoms with Crippen molar-refractivity contribution in [3.8, 4) is 5.75 Å². The molecule has 0 aliphatic carbocycles. The van der Waals surface area contributed by atoms with Gasteiger partial charge in [-0.25, -0.2) is 14.7 Å². The maximum Gasteiger partial charge on any atom is 0.327 e. The number of amides is 2. The Morgan fingerprint density at radius 2 is 1.90 bits per heavy atom. The van der Waals surface area contributed by atoms with Gasteiger partial charge in [-0.3, -0.25) is 10.7 Å². The predicted molar refractivity (Wildman–Crippen MR) is 113 cm³/mol. The number of halogens is 1. The first-order valence-corrected chi connectivity index (χ1v) is 9.32. The molecule has 1 aromatic heterocycles. The van der Waals surface area contributed by atoms with Gasteiger partial charge in [-0.2, -0.15) is 0 Å². The van der Waals surface area contributed by atoms with E-state index in [9.17, 15) is 10.0 Å². The van der Waals surface area contributed by atoms with E-state index in [0.717, 1.165) is 5.56 Å². The molecule has 0 spiro atoms. The first kappa shape index (κ1) is 20.4. The van der Waals surface area contributed by atoms with E-state index in [4.69, 9.17) is 16.3 Å². The number of hydrogen-bond donors (Lipinski definition) is 3. The number of nitrogens with one attached hydrogen (secondary N) is 2. The zero-order valence-electron chi connectivity index (χ0n) is 15.8. The van der Waals surface area contributed by atoms with Crippen LogP contribution in [0, 0.1) is 0 Å². The van der Waals surface area contributed by atoms with Crippen molar-refractivity contribution in [3.05, 3.63) is 77.4 Å². The van der Waals surface area contributed by atoms with Gasteiger partial charge in [-0.05, 0) is 54.4 Å². The van der Waals surface area contributed by atoms with Crippen molar-refractivity contribution in [1.82, 2.24) is 10.3 Å². The molecule has 3 rings (SSSR count). The van der Waals surface area contributed by atoms with Gasteiger partial charge in [0.05, 0.1) is 12.8 Å². The predicted octanol–water partition coefficient (Wildman–Crippen LogP) is 4.64. The molecule has 0 aliphatic heterocycles. The van der Waals surface area contributed by atoms with E-state index in [1.54, 1.807) is 49.7 Å². The summed E-state index contributed by atoms with van der Waals surface area (Å²) < 4.78 is 5.19. The molecule has 0 fully saturated rings. The van der Waals surface area contributed by atoms with Crippen LogP contribution in [0.4, 0.5) is 22.0 Å². The van der Waals surface area contributed by atoms with Crippen LogP contribution in [-0.2, 0) is 6.42 Å². The van der Waals surface area contributed by atoms with Gasteiger partial charge in [0, 0.05) is 17.8 Å². The highest BCUT2D eigenvalue weighted by molar-refractivity contribution is 6.31. The van der Waals surface area contributed by atoms with Gasteiger partial charge in [0.2, 0.25) is 0 Å². The van der Waals surface area contributed by atoms with Gasteiger partial charge in [0.25, 0.3) is 0 Å². The summed E-state index contributed by atoms with van der Waals surface area (Å²) in [6.45, 7) is 0.379. The maximum atomic E-state index is 13.0. The number of rotatable bonds is 7. The Labute approximate surface area is 173 Å². The first-order chi connectivity index (χ1) is 14.1. The van der Waals surface area contributed by atoms with E-state index in [2.05, 4.69) is 15.8 Å². The number of benzene rings is 2. The molecule has 0 saturated heterocycles. The van der Waals surface area contributed by atoms with Gasteiger partial charge >= 0.3 is 6.03 Å². The number of carbonyl (C=O) groups excluding carboxylic acids is 1. The number of nitrogens with zero attached hydrogens (tertiary/aromatic N) is 2. The van der Waals surface area contributed by atoms with E-state index in [0.29, 0.717) is 35.1 Å². The van der Waals surface area contributed by atoms with Crippen molar-refractivity contribution in [2.45, 2.75) is 6.42 Å². The Kier molecular flexibility index (Phi) is 6.89. The highest BCUT2D eigenvalue weighted by Gasteiger charge is 2.22. The lowest BCUT2D eigenvalue weighted by molar-refractivity contribution is 0.248. The van der Waals surface area contributed by atoms with Crippen LogP contribution in [0.15, 0.2) is 66.9 Å². The molecule has 0 saturated carbocycles. The number of pyridine rings is 1. The molecule has 1 heterocycles. The van der Waals surface area contributed by atoms with Crippen LogP contribution in [0.25, 0.3) is 0 Å². The summed E-state index contributed by atoms with van der Waals surface area (Å²) in [5.74, 6) is 0.921. The standard InChI is InChI=1S/C21H21ClN4O3/c1-29-17-10-8-16(9-11-17)26(20-19(25-28)7-4-13-23-20)21(27)24-14-12-15-5-2-3-6-18(15)22/h2-11,13,25,28H,12,14H2,1H3,(H,24,27). The van der Waals surface area contributed by atoms with Crippen LogP contribution in [-0.4, -0.2) is 29.9 Å². The minimum Gasteiger partial charge on any atom is -0.497 e. The quantitative estimate of drug-likeness (QED) is 0.492. The van der Waals surface area contributed by atoms with E-state index in [1.807, 2.05) is 24.3 Å². The third kappa shape index (κ3) is 4.96. The average molecular weight is 413 g/mol. The first-order valence-electron chi connectivity index (χ1n) is 8.94. The Morgan fingerprint density at radius 1 is 1.14 bits per heavy atom. The molecule has 3 aromatic rings. The summed E-state index contributed by atoms with van der Waals surface area (Å²) in [4.78, 5) is 18.7. The number of methoxy groups -OCH3 is 1. The molecule has 2 aromatic carbocycles. The lowest BCUT2D eigenvalue weighted by atomic mass is 10.1. The summed E-state index contributed by atoms with van der Waals surface area (Å²) in [5, 5.41) is 13.0. The van der Waals surface area contributed by atoms with Crippen molar-refractivity contribution in [3.63, 3.8) is 0 Å². The van der Waals surface area contributed by atoms with Crippen molar-refractivity contribution in [1.29, 1.82) is 0 Å². The lowest BCUT2D eigenvalue weighted by Crippen LogP contribution is -2.38. The van der Waals surface area contributed by atoms with Gasteiger partial charge in [-0.15, -0.1) is 0 Å². The second kappa shape index (κ2) is 9.77. The van der Waals surface area contributed by atoms with Crippen molar-refractivity contribution in [2.75, 3.05) is 24.0 Å². The van der Waals surface area contributed by atoms with Crippen LogP contribution in [0.3, 0.4) is 0 Å². The van der Waals surface area contributed by atoms with Crippen molar-refractivity contribution < 1.29 is 14.7 Å². The number of carbonyl (C=O) groups is 1. The summed E-state index contributed by atoms with van der Waals surface area (Å²) in [6.07, 6.45) is 2.12. The Morgan fingerprint density at radius 3 is 2.59 bits per heavy atom. The molecule has 0 unspecified atom stereocenters. The molecule has 150 valence electrons. The molecular weight excluding hydrogens is 392 g/mol. The minimum atomic E-state index is -0.391. The smallest absolute Gasteiger partial charge is 0.327 e. The largest absolute Gasteiger partial charge is 0.497 e.